The molecule has 0 aliphatic heterocycles. The van der Waals surface area contributed by atoms with E-state index in [0.29, 0.717) is 17.3 Å². The Morgan fingerprint density at radius 2 is 1.79 bits per heavy atom. The minimum Gasteiger partial charge on any atom is -0.497 e. The van der Waals surface area contributed by atoms with Crippen molar-refractivity contribution >= 4 is 28.9 Å². The zero-order valence-electron chi connectivity index (χ0n) is 16.4. The molecule has 0 heterocycles. The summed E-state index contributed by atoms with van der Waals surface area (Å²) in [6, 6.07) is 20.8. The first kappa shape index (κ1) is 20.6. The van der Waals surface area contributed by atoms with E-state index >= 15 is 0 Å². The van der Waals surface area contributed by atoms with Crippen LogP contribution >= 0.6 is 11.6 Å². The molecule has 0 atom stereocenters. The van der Waals surface area contributed by atoms with Gasteiger partial charge >= 0.3 is 0 Å². The molecule has 5 nitrogen and oxygen atoms in total. The minimum atomic E-state index is -0.239. The summed E-state index contributed by atoms with van der Waals surface area (Å²) in [6.45, 7) is 2.47. The molecule has 0 aliphatic carbocycles. The third-order valence-electron chi connectivity index (χ3n) is 4.24. The number of rotatable bonds is 8. The normalized spacial score (nSPS) is 10.3. The van der Waals surface area contributed by atoms with Gasteiger partial charge in [0.25, 0.3) is 5.91 Å². The third-order valence-corrected chi connectivity index (χ3v) is 4.54. The van der Waals surface area contributed by atoms with Crippen LogP contribution in [0.2, 0.25) is 5.02 Å². The lowest BCUT2D eigenvalue weighted by Crippen LogP contribution is -2.20. The number of benzene rings is 3. The van der Waals surface area contributed by atoms with Crippen molar-refractivity contribution in [3.05, 3.63) is 82.9 Å². The zero-order valence-corrected chi connectivity index (χ0v) is 17.1. The third kappa shape index (κ3) is 6.16. The molecule has 0 saturated carbocycles. The fourth-order valence-corrected chi connectivity index (χ4v) is 3.01. The minimum absolute atomic E-state index is 0.114. The summed E-state index contributed by atoms with van der Waals surface area (Å²) in [5.74, 6) is 1.04. The van der Waals surface area contributed by atoms with Crippen molar-refractivity contribution in [3.63, 3.8) is 0 Å². The predicted molar refractivity (Wildman–Crippen MR) is 117 cm³/mol. The maximum absolute atomic E-state index is 12.1. The van der Waals surface area contributed by atoms with Crippen LogP contribution in [0.5, 0.6) is 11.5 Å². The van der Waals surface area contributed by atoms with E-state index < -0.39 is 0 Å². The molecule has 0 spiro atoms. The first-order chi connectivity index (χ1) is 14.0. The van der Waals surface area contributed by atoms with Gasteiger partial charge in [0.05, 0.1) is 12.1 Å². The average molecular weight is 411 g/mol. The lowest BCUT2D eigenvalue weighted by molar-refractivity contribution is -0.118. The molecule has 150 valence electrons. The van der Waals surface area contributed by atoms with Crippen LogP contribution in [0.1, 0.15) is 11.1 Å². The monoisotopic (exact) mass is 410 g/mol. The second-order valence-corrected chi connectivity index (χ2v) is 6.96. The van der Waals surface area contributed by atoms with E-state index in [4.69, 9.17) is 21.1 Å². The molecular formula is C23H23ClN2O3. The van der Waals surface area contributed by atoms with E-state index in [9.17, 15) is 4.79 Å². The Balaban J connectivity index is 1.51. The van der Waals surface area contributed by atoms with Crippen molar-refractivity contribution in [2.24, 2.45) is 0 Å². The number of carbonyl (C=O) groups is 1. The maximum atomic E-state index is 12.1. The highest BCUT2D eigenvalue weighted by atomic mass is 35.5. The number of methoxy groups -OCH3 is 1. The highest BCUT2D eigenvalue weighted by Crippen LogP contribution is 2.26. The molecule has 0 radical (unpaired) electrons. The van der Waals surface area contributed by atoms with E-state index in [-0.39, 0.29) is 12.5 Å². The smallest absolute Gasteiger partial charge is 0.262 e. The van der Waals surface area contributed by atoms with E-state index in [1.165, 1.54) is 0 Å². The van der Waals surface area contributed by atoms with Gasteiger partial charge in [-0.15, -0.1) is 0 Å². The molecule has 0 unspecified atom stereocenters. The van der Waals surface area contributed by atoms with Gasteiger partial charge in [-0.1, -0.05) is 29.8 Å². The van der Waals surface area contributed by atoms with Crippen molar-refractivity contribution in [2.75, 3.05) is 24.4 Å². The Labute approximate surface area is 175 Å². The van der Waals surface area contributed by atoms with Gasteiger partial charge in [0, 0.05) is 17.9 Å². The molecule has 3 aromatic carbocycles. The summed E-state index contributed by atoms with van der Waals surface area (Å²) in [5, 5.41) is 6.59. The van der Waals surface area contributed by atoms with Gasteiger partial charge in [-0.2, -0.15) is 0 Å². The number of halogens is 1. The predicted octanol–water partition coefficient (Wildman–Crippen LogP) is 5.29. The molecule has 2 N–H and O–H groups in total. The number of nitrogens with one attached hydrogen (secondary N) is 2. The number of aryl methyl sites for hydroxylation is 1. The Hall–Kier alpha value is -3.18. The molecule has 0 fully saturated rings. The van der Waals surface area contributed by atoms with Gasteiger partial charge in [-0.3, -0.25) is 4.79 Å². The number of hydrogen-bond acceptors (Lipinski definition) is 4. The average Bonchev–Trinajstić information content (AvgIpc) is 2.72. The number of amides is 1. The van der Waals surface area contributed by atoms with Crippen molar-refractivity contribution in [1.29, 1.82) is 0 Å². The molecule has 1 amide bonds. The quantitative estimate of drug-likeness (QED) is 0.530. The summed E-state index contributed by atoms with van der Waals surface area (Å²) in [4.78, 5) is 12.1. The maximum Gasteiger partial charge on any atom is 0.262 e. The van der Waals surface area contributed by atoms with Crippen molar-refractivity contribution in [2.45, 2.75) is 13.5 Å². The van der Waals surface area contributed by atoms with Gasteiger partial charge < -0.3 is 20.1 Å². The molecule has 3 aromatic rings. The van der Waals surface area contributed by atoms with Gasteiger partial charge in [0.1, 0.15) is 11.5 Å². The summed E-state index contributed by atoms with van der Waals surface area (Å²) >= 11 is 6.31. The number of anilines is 2. The van der Waals surface area contributed by atoms with Gasteiger partial charge in [0.15, 0.2) is 6.61 Å². The first-order valence-corrected chi connectivity index (χ1v) is 9.57. The van der Waals surface area contributed by atoms with Crippen LogP contribution in [0.4, 0.5) is 11.4 Å². The van der Waals surface area contributed by atoms with Crippen molar-refractivity contribution in [1.82, 2.24) is 0 Å². The Morgan fingerprint density at radius 3 is 2.48 bits per heavy atom. The summed E-state index contributed by atoms with van der Waals surface area (Å²) in [5.41, 5.74) is 3.80. The molecule has 0 aliphatic rings. The highest BCUT2D eigenvalue weighted by Gasteiger charge is 2.08. The summed E-state index contributed by atoms with van der Waals surface area (Å²) in [6.07, 6.45) is 0. The second-order valence-electron chi connectivity index (χ2n) is 6.55. The molecule has 0 aromatic heterocycles. The van der Waals surface area contributed by atoms with Crippen LogP contribution in [0.25, 0.3) is 0 Å². The SMILES string of the molecule is COc1ccc(NCc2ccc(OCC(=O)Nc3cccc(C)c3)c(Cl)c2)cc1. The van der Waals surface area contributed by atoms with E-state index in [2.05, 4.69) is 10.6 Å². The second kappa shape index (κ2) is 9.85. The van der Waals surface area contributed by atoms with Crippen LogP contribution in [0.15, 0.2) is 66.7 Å². The van der Waals surface area contributed by atoms with Gasteiger partial charge in [0.2, 0.25) is 0 Å². The fraction of sp³-hybridized carbons (Fsp3) is 0.174. The molecular weight excluding hydrogens is 388 g/mol. The van der Waals surface area contributed by atoms with Gasteiger partial charge in [-0.25, -0.2) is 0 Å². The zero-order chi connectivity index (χ0) is 20.6. The van der Waals surface area contributed by atoms with Crippen molar-refractivity contribution in [3.8, 4) is 11.5 Å². The van der Waals surface area contributed by atoms with Crippen LogP contribution in [-0.4, -0.2) is 19.6 Å². The first-order valence-electron chi connectivity index (χ1n) is 9.19. The standard InChI is InChI=1S/C23H23ClN2O3/c1-16-4-3-5-19(12-16)26-23(27)15-29-22-11-6-17(13-21(22)24)14-25-18-7-9-20(28-2)10-8-18/h3-13,25H,14-15H2,1-2H3,(H,26,27). The number of carbonyl (C=O) groups excluding carboxylic acids is 1. The Kier molecular flexibility index (Phi) is 6.98. The fourth-order valence-electron chi connectivity index (χ4n) is 2.75. The number of ether oxygens (including phenoxy) is 2. The topological polar surface area (TPSA) is 59.6 Å². The van der Waals surface area contributed by atoms with E-state index in [0.717, 1.165) is 28.3 Å². The Bertz CT molecular complexity index is 974. The van der Waals surface area contributed by atoms with E-state index in [1.54, 1.807) is 13.2 Å². The van der Waals surface area contributed by atoms with Gasteiger partial charge in [-0.05, 0) is 66.6 Å². The van der Waals surface area contributed by atoms with Crippen LogP contribution < -0.4 is 20.1 Å². The molecule has 0 bridgehead atoms. The van der Waals surface area contributed by atoms with Crippen LogP contribution in [0, 0.1) is 6.92 Å². The van der Waals surface area contributed by atoms with Crippen molar-refractivity contribution < 1.29 is 14.3 Å². The number of hydrogen-bond donors (Lipinski definition) is 2. The lowest BCUT2D eigenvalue weighted by atomic mass is 10.2. The van der Waals surface area contributed by atoms with Crippen LogP contribution in [0.3, 0.4) is 0 Å². The highest BCUT2D eigenvalue weighted by molar-refractivity contribution is 6.32. The molecule has 3 rings (SSSR count). The van der Waals surface area contributed by atoms with Crippen LogP contribution in [-0.2, 0) is 11.3 Å². The molecule has 0 saturated heterocycles. The van der Waals surface area contributed by atoms with E-state index in [1.807, 2.05) is 67.6 Å². The largest absolute Gasteiger partial charge is 0.497 e. The molecule has 29 heavy (non-hydrogen) atoms. The summed E-state index contributed by atoms with van der Waals surface area (Å²) < 4.78 is 10.7. The molecule has 6 heteroatoms. The Morgan fingerprint density at radius 1 is 1.00 bits per heavy atom. The lowest BCUT2D eigenvalue weighted by Gasteiger charge is -2.11. The summed E-state index contributed by atoms with van der Waals surface area (Å²) in [7, 11) is 1.64.